The van der Waals surface area contributed by atoms with Crippen molar-refractivity contribution in [2.24, 2.45) is 0 Å². The van der Waals surface area contributed by atoms with Crippen molar-refractivity contribution in [3.05, 3.63) is 35.8 Å². The molecule has 0 aliphatic rings. The quantitative estimate of drug-likeness (QED) is 0.865. The number of benzene rings is 1. The Labute approximate surface area is 93.1 Å². The van der Waals surface area contributed by atoms with Gasteiger partial charge in [0.05, 0.1) is 5.56 Å². The Morgan fingerprint density at radius 2 is 2.00 bits per heavy atom. The van der Waals surface area contributed by atoms with Crippen LogP contribution < -0.4 is 5.73 Å². The van der Waals surface area contributed by atoms with E-state index in [2.05, 4.69) is 5.16 Å². The minimum absolute atomic E-state index is 0.268. The highest BCUT2D eigenvalue weighted by atomic mass is 19.1. The molecular formula is C12H13FN2O. The molecule has 0 aliphatic heterocycles. The van der Waals surface area contributed by atoms with Crippen LogP contribution in [0.4, 0.5) is 10.2 Å². The van der Waals surface area contributed by atoms with E-state index in [4.69, 9.17) is 10.3 Å². The standard InChI is InChI=1S/C12H13FN2O/c1-2-3-10-11(12(14)15-16-10)8-4-6-9(13)7-5-8/h4-7H,2-3H2,1H3,(H2,14,15). The van der Waals surface area contributed by atoms with Crippen molar-refractivity contribution in [3.8, 4) is 11.1 Å². The van der Waals surface area contributed by atoms with Gasteiger partial charge in [0.1, 0.15) is 11.6 Å². The van der Waals surface area contributed by atoms with Gasteiger partial charge in [-0.1, -0.05) is 24.2 Å². The molecule has 2 aromatic rings. The Hall–Kier alpha value is -1.84. The predicted molar refractivity (Wildman–Crippen MR) is 60.3 cm³/mol. The molecule has 3 nitrogen and oxygen atoms in total. The third-order valence-electron chi connectivity index (χ3n) is 2.40. The normalized spacial score (nSPS) is 10.6. The molecule has 0 saturated carbocycles. The molecule has 0 fully saturated rings. The lowest BCUT2D eigenvalue weighted by atomic mass is 10.0. The number of rotatable bonds is 3. The third-order valence-corrected chi connectivity index (χ3v) is 2.40. The number of aryl methyl sites for hydroxylation is 1. The van der Waals surface area contributed by atoms with E-state index >= 15 is 0 Å². The average molecular weight is 220 g/mol. The molecule has 16 heavy (non-hydrogen) atoms. The summed E-state index contributed by atoms with van der Waals surface area (Å²) in [5.74, 6) is 0.845. The van der Waals surface area contributed by atoms with Crippen molar-refractivity contribution in [3.63, 3.8) is 0 Å². The molecule has 4 heteroatoms. The average Bonchev–Trinajstić information content (AvgIpc) is 2.62. The zero-order chi connectivity index (χ0) is 11.5. The number of anilines is 1. The second-order valence-electron chi connectivity index (χ2n) is 3.62. The Morgan fingerprint density at radius 3 is 2.62 bits per heavy atom. The van der Waals surface area contributed by atoms with Gasteiger partial charge in [0.15, 0.2) is 5.82 Å². The van der Waals surface area contributed by atoms with Crippen LogP contribution in [0.5, 0.6) is 0 Å². The van der Waals surface area contributed by atoms with E-state index in [0.717, 1.165) is 29.7 Å². The Morgan fingerprint density at radius 1 is 1.31 bits per heavy atom. The SMILES string of the molecule is CCCc1onc(N)c1-c1ccc(F)cc1. The first kappa shape index (κ1) is 10.7. The highest BCUT2D eigenvalue weighted by Crippen LogP contribution is 2.30. The Kier molecular flexibility index (Phi) is 2.90. The Bertz CT molecular complexity index is 476. The number of aromatic nitrogens is 1. The summed E-state index contributed by atoms with van der Waals surface area (Å²) in [5, 5.41) is 3.74. The van der Waals surface area contributed by atoms with Gasteiger partial charge < -0.3 is 10.3 Å². The van der Waals surface area contributed by atoms with Gasteiger partial charge >= 0.3 is 0 Å². The highest BCUT2D eigenvalue weighted by Gasteiger charge is 2.14. The van der Waals surface area contributed by atoms with Crippen molar-refractivity contribution >= 4 is 5.82 Å². The lowest BCUT2D eigenvalue weighted by Gasteiger charge is -2.01. The summed E-state index contributed by atoms with van der Waals surface area (Å²) in [6, 6.07) is 6.16. The molecule has 0 radical (unpaired) electrons. The topological polar surface area (TPSA) is 52.0 Å². The summed E-state index contributed by atoms with van der Waals surface area (Å²) in [6.45, 7) is 2.05. The van der Waals surface area contributed by atoms with E-state index in [-0.39, 0.29) is 5.82 Å². The van der Waals surface area contributed by atoms with E-state index in [1.165, 1.54) is 12.1 Å². The number of nitrogens with two attached hydrogens (primary N) is 1. The highest BCUT2D eigenvalue weighted by molar-refractivity contribution is 5.75. The van der Waals surface area contributed by atoms with Crippen LogP contribution >= 0.6 is 0 Å². The maximum atomic E-state index is 12.8. The molecule has 0 aliphatic carbocycles. The summed E-state index contributed by atoms with van der Waals surface area (Å²) in [4.78, 5) is 0. The van der Waals surface area contributed by atoms with Crippen LogP contribution in [0.1, 0.15) is 19.1 Å². The minimum Gasteiger partial charge on any atom is -0.380 e. The first-order valence-corrected chi connectivity index (χ1v) is 5.22. The number of hydrogen-bond acceptors (Lipinski definition) is 3. The van der Waals surface area contributed by atoms with Crippen LogP contribution in [0.25, 0.3) is 11.1 Å². The maximum Gasteiger partial charge on any atom is 0.175 e. The van der Waals surface area contributed by atoms with Gasteiger partial charge in [-0.2, -0.15) is 0 Å². The maximum absolute atomic E-state index is 12.8. The van der Waals surface area contributed by atoms with Crippen molar-refractivity contribution < 1.29 is 8.91 Å². The van der Waals surface area contributed by atoms with Crippen molar-refractivity contribution in [2.75, 3.05) is 5.73 Å². The number of hydrogen-bond donors (Lipinski definition) is 1. The van der Waals surface area contributed by atoms with Crippen LogP contribution in [0.3, 0.4) is 0 Å². The van der Waals surface area contributed by atoms with E-state index in [0.29, 0.717) is 5.82 Å². The van der Waals surface area contributed by atoms with Crippen LogP contribution in [-0.2, 0) is 6.42 Å². The first-order chi connectivity index (χ1) is 7.72. The summed E-state index contributed by atoms with van der Waals surface area (Å²) >= 11 is 0. The van der Waals surface area contributed by atoms with E-state index in [1.807, 2.05) is 6.92 Å². The number of halogens is 1. The van der Waals surface area contributed by atoms with E-state index in [9.17, 15) is 4.39 Å². The molecule has 0 atom stereocenters. The molecule has 1 heterocycles. The van der Waals surface area contributed by atoms with Crippen LogP contribution in [0, 0.1) is 5.82 Å². The first-order valence-electron chi connectivity index (χ1n) is 5.22. The van der Waals surface area contributed by atoms with Crippen molar-refractivity contribution in [1.29, 1.82) is 0 Å². The van der Waals surface area contributed by atoms with Gasteiger partial charge in [-0.3, -0.25) is 0 Å². The minimum atomic E-state index is -0.268. The largest absolute Gasteiger partial charge is 0.380 e. The van der Waals surface area contributed by atoms with Gasteiger partial charge in [-0.25, -0.2) is 4.39 Å². The molecule has 2 N–H and O–H groups in total. The lowest BCUT2D eigenvalue weighted by Crippen LogP contribution is -1.90. The van der Waals surface area contributed by atoms with Crippen molar-refractivity contribution in [2.45, 2.75) is 19.8 Å². The van der Waals surface area contributed by atoms with Gasteiger partial charge in [-0.15, -0.1) is 0 Å². The van der Waals surface area contributed by atoms with Crippen molar-refractivity contribution in [1.82, 2.24) is 5.16 Å². The van der Waals surface area contributed by atoms with Gasteiger partial charge in [0, 0.05) is 6.42 Å². The smallest absolute Gasteiger partial charge is 0.175 e. The number of nitrogen functional groups attached to an aromatic ring is 1. The molecule has 84 valence electrons. The zero-order valence-corrected chi connectivity index (χ0v) is 9.03. The van der Waals surface area contributed by atoms with E-state index < -0.39 is 0 Å². The zero-order valence-electron chi connectivity index (χ0n) is 9.03. The van der Waals surface area contributed by atoms with Crippen LogP contribution in [0.15, 0.2) is 28.8 Å². The fourth-order valence-corrected chi connectivity index (χ4v) is 1.66. The summed E-state index contributed by atoms with van der Waals surface area (Å²) in [5.41, 5.74) is 7.36. The molecule has 0 amide bonds. The molecule has 0 saturated heterocycles. The fourth-order valence-electron chi connectivity index (χ4n) is 1.66. The lowest BCUT2D eigenvalue weighted by molar-refractivity contribution is 0.385. The summed E-state index contributed by atoms with van der Waals surface area (Å²) < 4.78 is 18.0. The van der Waals surface area contributed by atoms with Gasteiger partial charge in [-0.05, 0) is 24.1 Å². The second kappa shape index (κ2) is 4.35. The van der Waals surface area contributed by atoms with Crippen LogP contribution in [0.2, 0.25) is 0 Å². The molecule has 2 rings (SSSR count). The Balaban J connectivity index is 2.45. The van der Waals surface area contributed by atoms with E-state index in [1.54, 1.807) is 12.1 Å². The third kappa shape index (κ3) is 1.91. The summed E-state index contributed by atoms with van der Waals surface area (Å²) in [7, 11) is 0. The fraction of sp³-hybridized carbons (Fsp3) is 0.250. The predicted octanol–water partition coefficient (Wildman–Crippen LogP) is 3.02. The molecule has 1 aromatic carbocycles. The molecule has 1 aromatic heterocycles. The molecular weight excluding hydrogens is 207 g/mol. The van der Waals surface area contributed by atoms with Crippen LogP contribution in [-0.4, -0.2) is 5.16 Å². The monoisotopic (exact) mass is 220 g/mol. The second-order valence-corrected chi connectivity index (χ2v) is 3.62. The molecule has 0 spiro atoms. The van der Waals surface area contributed by atoms with Gasteiger partial charge in [0.2, 0.25) is 0 Å². The number of nitrogens with zero attached hydrogens (tertiary/aromatic N) is 1. The molecule has 0 bridgehead atoms. The summed E-state index contributed by atoms with van der Waals surface area (Å²) in [6.07, 6.45) is 1.72. The molecule has 0 unspecified atom stereocenters. The van der Waals surface area contributed by atoms with Gasteiger partial charge in [0.25, 0.3) is 0 Å².